The first-order valence-corrected chi connectivity index (χ1v) is 8.99. The van der Waals surface area contributed by atoms with Gasteiger partial charge in [0.05, 0.1) is 11.4 Å². The van der Waals surface area contributed by atoms with Gasteiger partial charge in [-0.1, -0.05) is 18.2 Å². The first kappa shape index (κ1) is 18.6. The molecule has 2 aromatic rings. The highest BCUT2D eigenvalue weighted by molar-refractivity contribution is 5.77. The van der Waals surface area contributed by atoms with E-state index in [1.807, 2.05) is 31.3 Å². The summed E-state index contributed by atoms with van der Waals surface area (Å²) in [5.74, 6) is -1.13. The molecule has 0 atom stereocenters. The molecule has 0 bridgehead atoms. The number of halogens is 2. The lowest BCUT2D eigenvalue weighted by atomic mass is 10.2. The highest BCUT2D eigenvalue weighted by Crippen LogP contribution is 2.35. The van der Waals surface area contributed by atoms with Crippen LogP contribution in [0.25, 0.3) is 0 Å². The summed E-state index contributed by atoms with van der Waals surface area (Å²) >= 11 is 0. The molecule has 1 aliphatic rings. The molecule has 0 aromatic heterocycles. The molecule has 3 rings (SSSR count). The molecule has 0 saturated carbocycles. The number of hydrogen-bond donors (Lipinski definition) is 1. The maximum Gasteiger partial charge on any atom is 0.149 e. The fourth-order valence-electron chi connectivity index (χ4n) is 3.35. The quantitative estimate of drug-likeness (QED) is 0.855. The number of para-hydroxylation sites is 3. The second kappa shape index (κ2) is 8.47. The number of benzene rings is 2. The Kier molecular flexibility index (Phi) is 6.06. The van der Waals surface area contributed by atoms with Crippen molar-refractivity contribution in [2.45, 2.75) is 0 Å². The van der Waals surface area contributed by atoms with Gasteiger partial charge in [0, 0.05) is 53.4 Å². The summed E-state index contributed by atoms with van der Waals surface area (Å²) in [4.78, 5) is 6.16. The number of nitrogens with one attached hydrogen (secondary N) is 1. The zero-order chi connectivity index (χ0) is 18.5. The van der Waals surface area contributed by atoms with Crippen LogP contribution in [0.1, 0.15) is 0 Å². The largest absolute Gasteiger partial charge is 0.372 e. The van der Waals surface area contributed by atoms with E-state index in [1.54, 1.807) is 11.9 Å². The van der Waals surface area contributed by atoms with E-state index in [0.29, 0.717) is 0 Å². The van der Waals surface area contributed by atoms with Crippen molar-refractivity contribution >= 4 is 17.1 Å². The van der Waals surface area contributed by atoms with Crippen LogP contribution in [-0.2, 0) is 0 Å². The predicted molar refractivity (Wildman–Crippen MR) is 103 cm³/mol. The average Bonchev–Trinajstić information content (AvgIpc) is 2.66. The van der Waals surface area contributed by atoms with Crippen molar-refractivity contribution in [3.05, 3.63) is 54.1 Å². The zero-order valence-electron chi connectivity index (χ0n) is 15.4. The minimum Gasteiger partial charge on any atom is -0.372 e. The molecular formula is C20H26F2N4. The smallest absolute Gasteiger partial charge is 0.149 e. The summed E-state index contributed by atoms with van der Waals surface area (Å²) in [6.07, 6.45) is 0. The van der Waals surface area contributed by atoms with Crippen LogP contribution in [0.4, 0.5) is 25.8 Å². The van der Waals surface area contributed by atoms with Gasteiger partial charge >= 0.3 is 0 Å². The van der Waals surface area contributed by atoms with Gasteiger partial charge in [-0.25, -0.2) is 8.78 Å². The van der Waals surface area contributed by atoms with Gasteiger partial charge in [0.15, 0.2) is 0 Å². The lowest BCUT2D eigenvalue weighted by Crippen LogP contribution is -2.46. The van der Waals surface area contributed by atoms with Gasteiger partial charge in [-0.15, -0.1) is 0 Å². The number of rotatable bonds is 6. The number of piperazine rings is 1. The molecule has 0 unspecified atom stereocenters. The third-order valence-corrected chi connectivity index (χ3v) is 4.89. The Labute approximate surface area is 154 Å². The van der Waals surface area contributed by atoms with Gasteiger partial charge in [0.25, 0.3) is 0 Å². The van der Waals surface area contributed by atoms with E-state index in [4.69, 9.17) is 0 Å². The highest BCUT2D eigenvalue weighted by Gasteiger charge is 2.19. The van der Waals surface area contributed by atoms with Crippen molar-refractivity contribution in [3.8, 4) is 0 Å². The minimum atomic E-state index is -0.564. The number of hydrogen-bond acceptors (Lipinski definition) is 4. The monoisotopic (exact) mass is 360 g/mol. The Bertz CT molecular complexity index is 711. The Morgan fingerprint density at radius 1 is 0.923 bits per heavy atom. The van der Waals surface area contributed by atoms with Gasteiger partial charge in [0.1, 0.15) is 17.3 Å². The van der Waals surface area contributed by atoms with E-state index in [9.17, 15) is 8.78 Å². The maximum atomic E-state index is 14.2. The second-order valence-corrected chi connectivity index (χ2v) is 6.63. The molecule has 0 spiro atoms. The maximum absolute atomic E-state index is 14.2. The molecular weight excluding hydrogens is 334 g/mol. The number of nitrogens with zero attached hydrogens (tertiary/aromatic N) is 3. The Balaban J connectivity index is 1.78. The fourth-order valence-corrected chi connectivity index (χ4v) is 3.35. The Hall–Kier alpha value is -2.18. The van der Waals surface area contributed by atoms with Gasteiger partial charge in [-0.05, 0) is 24.3 Å². The molecule has 4 nitrogen and oxygen atoms in total. The molecule has 26 heavy (non-hydrogen) atoms. The second-order valence-electron chi connectivity index (χ2n) is 6.63. The molecule has 2 aromatic carbocycles. The van der Waals surface area contributed by atoms with Crippen LogP contribution < -0.4 is 15.1 Å². The normalized spacial score (nSPS) is 15.1. The van der Waals surface area contributed by atoms with Gasteiger partial charge in [0.2, 0.25) is 0 Å². The Morgan fingerprint density at radius 2 is 1.54 bits per heavy atom. The Morgan fingerprint density at radius 3 is 2.19 bits per heavy atom. The van der Waals surface area contributed by atoms with Crippen LogP contribution >= 0.6 is 0 Å². The number of likely N-dealkylation sites (N-methyl/N-ethyl adjacent to an activating group) is 1. The molecule has 140 valence electrons. The molecule has 6 heteroatoms. The first-order chi connectivity index (χ1) is 12.6. The molecule has 0 radical (unpaired) electrons. The summed E-state index contributed by atoms with van der Waals surface area (Å²) in [6.45, 7) is 5.96. The molecule has 1 aliphatic heterocycles. The van der Waals surface area contributed by atoms with E-state index in [2.05, 4.69) is 15.1 Å². The molecule has 1 N–H and O–H groups in total. The van der Waals surface area contributed by atoms with Crippen LogP contribution in [0.3, 0.4) is 0 Å². The van der Waals surface area contributed by atoms with Crippen LogP contribution in [-0.4, -0.2) is 58.3 Å². The molecule has 0 amide bonds. The summed E-state index contributed by atoms with van der Waals surface area (Å²) in [6, 6.07) is 11.7. The third kappa shape index (κ3) is 4.14. The molecule has 1 saturated heterocycles. The van der Waals surface area contributed by atoms with Crippen LogP contribution in [0, 0.1) is 11.6 Å². The van der Waals surface area contributed by atoms with E-state index < -0.39 is 11.6 Å². The minimum absolute atomic E-state index is 0.0320. The van der Waals surface area contributed by atoms with Crippen molar-refractivity contribution in [2.75, 3.05) is 63.2 Å². The summed E-state index contributed by atoms with van der Waals surface area (Å²) in [5, 5.41) is 3.35. The zero-order valence-corrected chi connectivity index (χ0v) is 15.4. The van der Waals surface area contributed by atoms with Crippen molar-refractivity contribution in [1.82, 2.24) is 10.2 Å². The van der Waals surface area contributed by atoms with Crippen LogP contribution in [0.15, 0.2) is 42.5 Å². The predicted octanol–water partition coefficient (Wildman–Crippen LogP) is 3.07. The SMILES string of the molecule is CN(CCN1CCNCC1)c1ccccc1N(C)c1c(F)cccc1F. The van der Waals surface area contributed by atoms with Gasteiger partial charge in [-0.3, -0.25) is 4.90 Å². The van der Waals surface area contributed by atoms with Gasteiger partial charge in [-0.2, -0.15) is 0 Å². The topological polar surface area (TPSA) is 21.8 Å². The van der Waals surface area contributed by atoms with Gasteiger partial charge < -0.3 is 15.1 Å². The molecule has 0 aliphatic carbocycles. The van der Waals surface area contributed by atoms with Crippen LogP contribution in [0.5, 0.6) is 0 Å². The standard InChI is InChI=1S/C20H26F2N4/c1-24(14-15-26-12-10-23-11-13-26)18-8-3-4-9-19(18)25(2)20-16(21)6-5-7-17(20)22/h3-9,23H,10-15H2,1-2H3. The van der Waals surface area contributed by atoms with E-state index in [1.165, 1.54) is 18.2 Å². The van der Waals surface area contributed by atoms with Crippen molar-refractivity contribution < 1.29 is 8.78 Å². The molecule has 1 heterocycles. The van der Waals surface area contributed by atoms with Crippen LogP contribution in [0.2, 0.25) is 0 Å². The van der Waals surface area contributed by atoms with Crippen molar-refractivity contribution in [3.63, 3.8) is 0 Å². The number of anilines is 3. The van der Waals surface area contributed by atoms with Crippen molar-refractivity contribution in [1.29, 1.82) is 0 Å². The van der Waals surface area contributed by atoms with E-state index in [-0.39, 0.29) is 5.69 Å². The van der Waals surface area contributed by atoms with Crippen molar-refractivity contribution in [2.24, 2.45) is 0 Å². The lowest BCUT2D eigenvalue weighted by Gasteiger charge is -2.32. The summed E-state index contributed by atoms with van der Waals surface area (Å²) < 4.78 is 28.4. The van der Waals surface area contributed by atoms with E-state index >= 15 is 0 Å². The average molecular weight is 360 g/mol. The van der Waals surface area contributed by atoms with E-state index in [0.717, 1.165) is 50.6 Å². The summed E-state index contributed by atoms with van der Waals surface area (Å²) in [7, 11) is 3.72. The molecule has 1 fully saturated rings. The lowest BCUT2D eigenvalue weighted by molar-refractivity contribution is 0.246. The highest BCUT2D eigenvalue weighted by atomic mass is 19.1. The first-order valence-electron chi connectivity index (χ1n) is 8.99. The summed E-state index contributed by atoms with van der Waals surface area (Å²) in [5.41, 5.74) is 1.70. The fraction of sp³-hybridized carbons (Fsp3) is 0.400. The third-order valence-electron chi connectivity index (χ3n) is 4.89.